The van der Waals surface area contributed by atoms with E-state index in [1.54, 1.807) is 12.3 Å². The Kier molecular flexibility index (Phi) is 3.83. The first-order valence-corrected chi connectivity index (χ1v) is 5.76. The number of aryl methyl sites for hydroxylation is 2. The number of halogens is 1. The van der Waals surface area contributed by atoms with Gasteiger partial charge >= 0.3 is 0 Å². The molecule has 2 aromatic heterocycles. The molecule has 5 nitrogen and oxygen atoms in total. The molecule has 0 radical (unpaired) electrons. The molecule has 92 valence electrons. The van der Waals surface area contributed by atoms with Crippen LogP contribution in [0.25, 0.3) is 0 Å². The fourth-order valence-corrected chi connectivity index (χ4v) is 1.91. The van der Waals surface area contributed by atoms with Gasteiger partial charge in [-0.25, -0.2) is 5.43 Å². The smallest absolute Gasteiger partial charge is 0.193 e. The third-order valence-electron chi connectivity index (χ3n) is 2.75. The molecule has 0 spiro atoms. The average molecular weight is 255 g/mol. The van der Waals surface area contributed by atoms with Crippen LogP contribution >= 0.6 is 11.6 Å². The summed E-state index contributed by atoms with van der Waals surface area (Å²) in [5, 5.41) is 4.49. The molecule has 0 bridgehead atoms. The van der Waals surface area contributed by atoms with Crippen LogP contribution in [0.3, 0.4) is 0 Å². The van der Waals surface area contributed by atoms with Crippen LogP contribution in [0.4, 0.5) is 0 Å². The lowest BCUT2D eigenvalue weighted by Gasteiger charge is -2.12. The van der Waals surface area contributed by atoms with Crippen molar-refractivity contribution in [3.05, 3.63) is 41.1 Å². The maximum atomic E-state index is 5.74. The largest absolute Gasteiger partial charge is 0.448 e. The van der Waals surface area contributed by atoms with Gasteiger partial charge in [-0.2, -0.15) is 5.10 Å². The Hall–Kier alpha value is -1.30. The highest BCUT2D eigenvalue weighted by molar-refractivity contribution is 6.28. The van der Waals surface area contributed by atoms with Crippen molar-refractivity contribution in [2.45, 2.75) is 18.9 Å². The summed E-state index contributed by atoms with van der Waals surface area (Å²) in [5.41, 5.74) is 3.89. The molecule has 3 N–H and O–H groups in total. The van der Waals surface area contributed by atoms with Crippen LogP contribution in [0.1, 0.15) is 23.9 Å². The zero-order valence-corrected chi connectivity index (χ0v) is 10.3. The molecular weight excluding hydrogens is 240 g/mol. The van der Waals surface area contributed by atoms with Gasteiger partial charge in [0.25, 0.3) is 0 Å². The van der Waals surface area contributed by atoms with Crippen LogP contribution in [0, 0.1) is 0 Å². The number of rotatable bonds is 5. The maximum absolute atomic E-state index is 5.74. The van der Waals surface area contributed by atoms with Gasteiger partial charge in [0.05, 0.1) is 6.04 Å². The Bertz CT molecular complexity index is 479. The Morgan fingerprint density at radius 1 is 1.53 bits per heavy atom. The van der Waals surface area contributed by atoms with Crippen molar-refractivity contribution in [3.63, 3.8) is 0 Å². The third kappa shape index (κ3) is 2.88. The van der Waals surface area contributed by atoms with Gasteiger partial charge in [-0.05, 0) is 42.6 Å². The molecule has 0 aliphatic heterocycles. The van der Waals surface area contributed by atoms with Gasteiger partial charge in [-0.3, -0.25) is 10.5 Å². The van der Waals surface area contributed by atoms with Gasteiger partial charge in [-0.15, -0.1) is 0 Å². The molecule has 0 aliphatic carbocycles. The van der Waals surface area contributed by atoms with Crippen LogP contribution in [0.5, 0.6) is 0 Å². The predicted molar refractivity (Wildman–Crippen MR) is 65.3 cm³/mol. The average Bonchev–Trinajstić information content (AvgIpc) is 2.90. The van der Waals surface area contributed by atoms with Crippen molar-refractivity contribution >= 4 is 11.6 Å². The Morgan fingerprint density at radius 3 is 2.88 bits per heavy atom. The quantitative estimate of drug-likeness (QED) is 0.631. The van der Waals surface area contributed by atoms with E-state index in [4.69, 9.17) is 21.9 Å². The van der Waals surface area contributed by atoms with E-state index in [0.29, 0.717) is 5.22 Å². The minimum Gasteiger partial charge on any atom is -0.448 e. The molecule has 0 saturated carbocycles. The fourth-order valence-electron chi connectivity index (χ4n) is 1.76. The van der Waals surface area contributed by atoms with E-state index in [9.17, 15) is 0 Å². The lowest BCUT2D eigenvalue weighted by molar-refractivity contribution is 0.399. The lowest BCUT2D eigenvalue weighted by Crippen LogP contribution is -2.28. The second-order valence-corrected chi connectivity index (χ2v) is 4.22. The number of aromatic nitrogens is 2. The molecule has 2 rings (SSSR count). The fraction of sp³-hybridized carbons (Fsp3) is 0.364. The summed E-state index contributed by atoms with van der Waals surface area (Å²) in [7, 11) is 1.92. The van der Waals surface area contributed by atoms with Gasteiger partial charge in [0, 0.05) is 18.9 Å². The van der Waals surface area contributed by atoms with Crippen LogP contribution in [-0.4, -0.2) is 9.78 Å². The maximum Gasteiger partial charge on any atom is 0.193 e. The molecule has 0 saturated heterocycles. The van der Waals surface area contributed by atoms with Crippen molar-refractivity contribution in [2.75, 3.05) is 0 Å². The van der Waals surface area contributed by atoms with E-state index in [-0.39, 0.29) is 6.04 Å². The summed E-state index contributed by atoms with van der Waals surface area (Å²) >= 11 is 5.74. The van der Waals surface area contributed by atoms with Crippen molar-refractivity contribution in [2.24, 2.45) is 12.9 Å². The highest BCUT2D eigenvalue weighted by atomic mass is 35.5. The molecule has 0 aliphatic rings. The van der Waals surface area contributed by atoms with E-state index < -0.39 is 0 Å². The number of nitrogens with one attached hydrogen (secondary N) is 1. The van der Waals surface area contributed by atoms with Gasteiger partial charge in [-0.1, -0.05) is 0 Å². The van der Waals surface area contributed by atoms with Crippen molar-refractivity contribution in [1.82, 2.24) is 15.2 Å². The predicted octanol–water partition coefficient (Wildman–Crippen LogP) is 1.80. The Labute approximate surface area is 105 Å². The van der Waals surface area contributed by atoms with E-state index in [0.717, 1.165) is 24.3 Å². The van der Waals surface area contributed by atoms with Gasteiger partial charge < -0.3 is 4.42 Å². The third-order valence-corrected chi connectivity index (χ3v) is 2.95. The molecule has 1 unspecified atom stereocenters. The molecule has 0 fully saturated rings. The van der Waals surface area contributed by atoms with Crippen molar-refractivity contribution < 1.29 is 4.42 Å². The highest BCUT2D eigenvalue weighted by Crippen LogP contribution is 2.23. The minimum absolute atomic E-state index is 0.0441. The van der Waals surface area contributed by atoms with E-state index >= 15 is 0 Å². The molecule has 6 heteroatoms. The number of hydrazine groups is 1. The Balaban J connectivity index is 1.99. The first-order valence-electron chi connectivity index (χ1n) is 5.39. The van der Waals surface area contributed by atoms with Gasteiger partial charge in [0.15, 0.2) is 5.22 Å². The second-order valence-electron chi connectivity index (χ2n) is 3.85. The highest BCUT2D eigenvalue weighted by Gasteiger charge is 2.14. The molecular formula is C11H15ClN4O. The normalized spacial score (nSPS) is 12.9. The van der Waals surface area contributed by atoms with Crippen LogP contribution in [-0.2, 0) is 13.5 Å². The number of hydrogen-bond acceptors (Lipinski definition) is 4. The summed E-state index contributed by atoms with van der Waals surface area (Å²) < 4.78 is 7.19. The first-order chi connectivity index (χ1) is 8.20. The summed E-state index contributed by atoms with van der Waals surface area (Å²) in [6.07, 6.45) is 3.47. The number of furan rings is 1. The number of nitrogens with zero attached hydrogens (tertiary/aromatic N) is 2. The second kappa shape index (κ2) is 5.35. The summed E-state index contributed by atoms with van der Waals surface area (Å²) in [4.78, 5) is 0. The Morgan fingerprint density at radius 2 is 2.35 bits per heavy atom. The van der Waals surface area contributed by atoms with Gasteiger partial charge in [0.1, 0.15) is 5.76 Å². The van der Waals surface area contributed by atoms with Gasteiger partial charge in [0.2, 0.25) is 0 Å². The molecule has 1 atom stereocenters. The minimum atomic E-state index is -0.0441. The molecule has 17 heavy (non-hydrogen) atoms. The van der Waals surface area contributed by atoms with Crippen LogP contribution < -0.4 is 11.3 Å². The molecule has 2 aromatic rings. The zero-order chi connectivity index (χ0) is 12.3. The zero-order valence-electron chi connectivity index (χ0n) is 9.56. The summed E-state index contributed by atoms with van der Waals surface area (Å²) in [6, 6.07) is 5.49. The summed E-state index contributed by atoms with van der Waals surface area (Å²) in [5.74, 6) is 6.27. The molecule has 0 aromatic carbocycles. The van der Waals surface area contributed by atoms with Crippen LogP contribution in [0.15, 0.2) is 28.8 Å². The van der Waals surface area contributed by atoms with E-state index in [1.165, 1.54) is 0 Å². The number of hydrogen-bond donors (Lipinski definition) is 2. The van der Waals surface area contributed by atoms with Crippen molar-refractivity contribution in [3.8, 4) is 0 Å². The lowest BCUT2D eigenvalue weighted by atomic mass is 10.1. The monoisotopic (exact) mass is 254 g/mol. The van der Waals surface area contributed by atoms with E-state index in [2.05, 4.69) is 10.5 Å². The standard InChI is InChI=1S/C11H15ClN4O/c1-16-8(6-7-14-16)2-3-9(15-13)10-4-5-11(12)17-10/h4-7,9,15H,2-3,13H2,1H3. The van der Waals surface area contributed by atoms with E-state index in [1.807, 2.05) is 23.9 Å². The molecule has 2 heterocycles. The topological polar surface area (TPSA) is 69.0 Å². The van der Waals surface area contributed by atoms with Crippen molar-refractivity contribution in [1.29, 1.82) is 0 Å². The first kappa shape index (κ1) is 12.2. The van der Waals surface area contributed by atoms with Crippen LogP contribution in [0.2, 0.25) is 5.22 Å². The summed E-state index contributed by atoms with van der Waals surface area (Å²) in [6.45, 7) is 0. The SMILES string of the molecule is Cn1nccc1CCC(NN)c1ccc(Cl)o1. The molecule has 0 amide bonds. The number of nitrogens with two attached hydrogens (primary N) is 1.